The van der Waals surface area contributed by atoms with Crippen molar-refractivity contribution in [3.8, 4) is 0 Å². The highest BCUT2D eigenvalue weighted by Crippen LogP contribution is 2.15. The second kappa shape index (κ2) is 6.02. The zero-order chi connectivity index (χ0) is 10.4. The third kappa shape index (κ3) is 3.29. The lowest BCUT2D eigenvalue weighted by Crippen LogP contribution is -2.29. The van der Waals surface area contributed by atoms with Crippen LogP contribution in [0.2, 0.25) is 5.02 Å². The van der Waals surface area contributed by atoms with Gasteiger partial charge in [0.25, 0.3) is 0 Å². The van der Waals surface area contributed by atoms with Crippen molar-refractivity contribution >= 4 is 11.6 Å². The summed E-state index contributed by atoms with van der Waals surface area (Å²) < 4.78 is 0. The molecule has 1 aromatic rings. The Balaban J connectivity index is 2.64. The Labute approximate surface area is 90.7 Å². The lowest BCUT2D eigenvalue weighted by Gasteiger charge is -2.16. The Bertz CT molecular complexity index is 258. The molecule has 0 aliphatic carbocycles. The van der Waals surface area contributed by atoms with Crippen molar-refractivity contribution in [2.75, 3.05) is 20.1 Å². The smallest absolute Gasteiger partial charge is 0.0444 e. The van der Waals surface area contributed by atoms with E-state index in [1.807, 2.05) is 19.2 Å². The number of nitrogens with one attached hydrogen (secondary N) is 2. The summed E-state index contributed by atoms with van der Waals surface area (Å²) in [5, 5.41) is 7.37. The first-order valence-corrected chi connectivity index (χ1v) is 5.29. The summed E-state index contributed by atoms with van der Waals surface area (Å²) in [4.78, 5) is 0. The summed E-state index contributed by atoms with van der Waals surface area (Å²) in [6.45, 7) is 4.04. The number of hydrogen-bond acceptors (Lipinski definition) is 2. The van der Waals surface area contributed by atoms with E-state index >= 15 is 0 Å². The first kappa shape index (κ1) is 11.5. The third-order valence-corrected chi connectivity index (χ3v) is 2.47. The Hall–Kier alpha value is -0.570. The molecule has 3 heteroatoms. The minimum Gasteiger partial charge on any atom is -0.315 e. The lowest BCUT2D eigenvalue weighted by atomic mass is 10.1. The molecule has 2 nitrogen and oxygen atoms in total. The van der Waals surface area contributed by atoms with Crippen LogP contribution in [-0.2, 0) is 0 Å². The van der Waals surface area contributed by atoms with Gasteiger partial charge in [-0.15, -0.1) is 0 Å². The number of halogens is 1. The summed E-state index contributed by atoms with van der Waals surface area (Å²) >= 11 is 5.83. The molecule has 1 rings (SSSR count). The molecule has 0 saturated carbocycles. The van der Waals surface area contributed by atoms with Gasteiger partial charge in [-0.25, -0.2) is 0 Å². The molecule has 0 fully saturated rings. The van der Waals surface area contributed by atoms with Crippen LogP contribution >= 0.6 is 11.6 Å². The first-order valence-electron chi connectivity index (χ1n) is 4.91. The van der Waals surface area contributed by atoms with E-state index in [1.165, 1.54) is 5.56 Å². The van der Waals surface area contributed by atoms with E-state index in [4.69, 9.17) is 11.6 Å². The molecule has 78 valence electrons. The van der Waals surface area contributed by atoms with Gasteiger partial charge >= 0.3 is 0 Å². The number of rotatable bonds is 5. The van der Waals surface area contributed by atoms with E-state index in [9.17, 15) is 0 Å². The van der Waals surface area contributed by atoms with Crippen LogP contribution in [0, 0.1) is 0 Å². The molecule has 14 heavy (non-hydrogen) atoms. The summed E-state index contributed by atoms with van der Waals surface area (Å²) in [7, 11) is 1.97. The van der Waals surface area contributed by atoms with Gasteiger partial charge in [0.2, 0.25) is 0 Å². The highest BCUT2D eigenvalue weighted by molar-refractivity contribution is 6.30. The Morgan fingerprint density at radius 3 is 2.43 bits per heavy atom. The van der Waals surface area contributed by atoms with Gasteiger partial charge in [0.1, 0.15) is 0 Å². The molecule has 0 heterocycles. The largest absolute Gasteiger partial charge is 0.315 e. The van der Waals surface area contributed by atoms with Gasteiger partial charge in [0.15, 0.2) is 0 Å². The van der Waals surface area contributed by atoms with Crippen molar-refractivity contribution in [3.05, 3.63) is 34.9 Å². The van der Waals surface area contributed by atoms with Crippen molar-refractivity contribution in [2.45, 2.75) is 13.0 Å². The monoisotopic (exact) mass is 212 g/mol. The van der Waals surface area contributed by atoms with Crippen LogP contribution in [0.15, 0.2) is 24.3 Å². The van der Waals surface area contributed by atoms with Crippen LogP contribution in [0.5, 0.6) is 0 Å². The fraction of sp³-hybridized carbons (Fsp3) is 0.455. The van der Waals surface area contributed by atoms with Gasteiger partial charge in [-0.3, -0.25) is 0 Å². The minimum atomic E-state index is 0.354. The van der Waals surface area contributed by atoms with Crippen LogP contribution in [0.1, 0.15) is 18.5 Å². The lowest BCUT2D eigenvalue weighted by molar-refractivity contribution is 0.538. The fourth-order valence-electron chi connectivity index (χ4n) is 1.37. The summed E-state index contributed by atoms with van der Waals surface area (Å²) in [5.74, 6) is 0. The molecular weight excluding hydrogens is 196 g/mol. The van der Waals surface area contributed by atoms with Gasteiger partial charge < -0.3 is 10.6 Å². The van der Waals surface area contributed by atoms with E-state index in [0.717, 1.165) is 18.1 Å². The molecule has 0 aliphatic heterocycles. The maximum absolute atomic E-state index is 5.83. The molecule has 1 unspecified atom stereocenters. The van der Waals surface area contributed by atoms with Crippen LogP contribution in [0.4, 0.5) is 0 Å². The summed E-state index contributed by atoms with van der Waals surface area (Å²) in [6.07, 6.45) is 0. The fourth-order valence-corrected chi connectivity index (χ4v) is 1.50. The molecule has 0 aromatic heterocycles. The molecular formula is C11H17ClN2. The molecule has 0 radical (unpaired) electrons. The van der Waals surface area contributed by atoms with Crippen LogP contribution in [0.25, 0.3) is 0 Å². The average Bonchev–Trinajstić information content (AvgIpc) is 2.21. The topological polar surface area (TPSA) is 24.1 Å². The van der Waals surface area contributed by atoms with Gasteiger partial charge in [-0.1, -0.05) is 30.7 Å². The molecule has 0 spiro atoms. The quantitative estimate of drug-likeness (QED) is 0.782. The molecule has 2 N–H and O–H groups in total. The summed E-state index contributed by atoms with van der Waals surface area (Å²) in [6, 6.07) is 8.31. The van der Waals surface area contributed by atoms with Crippen molar-refractivity contribution in [3.63, 3.8) is 0 Å². The van der Waals surface area contributed by atoms with E-state index in [-0.39, 0.29) is 0 Å². The maximum atomic E-state index is 5.83. The van der Waals surface area contributed by atoms with E-state index < -0.39 is 0 Å². The van der Waals surface area contributed by atoms with E-state index in [2.05, 4.69) is 29.7 Å². The SMILES string of the molecule is CCNCC(NC)c1ccc(Cl)cc1. The highest BCUT2D eigenvalue weighted by atomic mass is 35.5. The van der Waals surface area contributed by atoms with Crippen molar-refractivity contribution in [1.29, 1.82) is 0 Å². The number of hydrogen-bond donors (Lipinski definition) is 2. The predicted molar refractivity (Wildman–Crippen MR) is 61.8 cm³/mol. The van der Waals surface area contributed by atoms with Gasteiger partial charge in [-0.05, 0) is 31.3 Å². The van der Waals surface area contributed by atoms with Crippen LogP contribution in [0.3, 0.4) is 0 Å². The summed E-state index contributed by atoms with van der Waals surface area (Å²) in [5.41, 5.74) is 1.26. The van der Waals surface area contributed by atoms with Crippen molar-refractivity contribution in [1.82, 2.24) is 10.6 Å². The Morgan fingerprint density at radius 2 is 1.93 bits per heavy atom. The van der Waals surface area contributed by atoms with Crippen LogP contribution in [-0.4, -0.2) is 20.1 Å². The number of likely N-dealkylation sites (N-methyl/N-ethyl adjacent to an activating group) is 2. The maximum Gasteiger partial charge on any atom is 0.0444 e. The molecule has 0 saturated heterocycles. The van der Waals surface area contributed by atoms with Gasteiger partial charge in [0.05, 0.1) is 0 Å². The van der Waals surface area contributed by atoms with E-state index in [1.54, 1.807) is 0 Å². The second-order valence-corrected chi connectivity index (χ2v) is 3.64. The molecule has 0 aliphatic rings. The third-order valence-electron chi connectivity index (χ3n) is 2.22. The van der Waals surface area contributed by atoms with Gasteiger partial charge in [0, 0.05) is 17.6 Å². The number of benzene rings is 1. The van der Waals surface area contributed by atoms with E-state index in [0.29, 0.717) is 6.04 Å². The molecule has 1 atom stereocenters. The Morgan fingerprint density at radius 1 is 1.29 bits per heavy atom. The molecule has 0 amide bonds. The molecule has 1 aromatic carbocycles. The first-order chi connectivity index (χ1) is 6.77. The van der Waals surface area contributed by atoms with Crippen molar-refractivity contribution < 1.29 is 0 Å². The molecule has 0 bridgehead atoms. The average molecular weight is 213 g/mol. The zero-order valence-corrected chi connectivity index (χ0v) is 9.43. The standard InChI is InChI=1S/C11H17ClN2/c1-3-14-8-11(13-2)9-4-6-10(12)7-5-9/h4-7,11,13-14H,3,8H2,1-2H3. The van der Waals surface area contributed by atoms with Gasteiger partial charge in [-0.2, -0.15) is 0 Å². The zero-order valence-electron chi connectivity index (χ0n) is 8.68. The van der Waals surface area contributed by atoms with Crippen molar-refractivity contribution in [2.24, 2.45) is 0 Å². The van der Waals surface area contributed by atoms with Crippen LogP contribution < -0.4 is 10.6 Å². The highest BCUT2D eigenvalue weighted by Gasteiger charge is 2.07. The predicted octanol–water partition coefficient (Wildman–Crippen LogP) is 2.21. The normalized spacial score (nSPS) is 12.8. The Kier molecular flexibility index (Phi) is 4.94. The minimum absolute atomic E-state index is 0.354. The second-order valence-electron chi connectivity index (χ2n) is 3.20.